The number of benzene rings is 2. The van der Waals surface area contributed by atoms with Gasteiger partial charge in [-0.2, -0.15) is 0 Å². The van der Waals surface area contributed by atoms with Gasteiger partial charge in [-0.05, 0) is 43.7 Å². The minimum atomic E-state index is -0.552. The van der Waals surface area contributed by atoms with Crippen LogP contribution in [0.25, 0.3) is 0 Å². The molecule has 0 unspecified atom stereocenters. The lowest BCUT2D eigenvalue weighted by molar-refractivity contribution is 0.0662. The van der Waals surface area contributed by atoms with Gasteiger partial charge in [0.25, 0.3) is 0 Å². The number of anilines is 1. The number of aryl methyl sites for hydroxylation is 2. The number of rotatable bonds is 8. The SMILES string of the molecule is Cc1nc(C)c(Cc2cccc(F)c2)c(N2CCN(C[C@H](O)COc3ccccc3)CC2)n1. The molecule has 1 aromatic heterocycles. The summed E-state index contributed by atoms with van der Waals surface area (Å²) in [6, 6.07) is 16.2. The third kappa shape index (κ3) is 6.27. The molecule has 2 aromatic carbocycles. The molecule has 0 aliphatic carbocycles. The van der Waals surface area contributed by atoms with Crippen LogP contribution in [0.2, 0.25) is 0 Å². The Morgan fingerprint density at radius 1 is 1.00 bits per heavy atom. The van der Waals surface area contributed by atoms with E-state index in [1.165, 1.54) is 6.07 Å². The maximum atomic E-state index is 13.7. The molecule has 0 amide bonds. The number of hydrogen-bond acceptors (Lipinski definition) is 6. The first-order valence-electron chi connectivity index (χ1n) is 11.4. The number of β-amino-alcohol motifs (C(OH)–C–C–N with tert-alkyl or cyclic N) is 1. The largest absolute Gasteiger partial charge is 0.491 e. The minimum Gasteiger partial charge on any atom is -0.491 e. The molecule has 1 aliphatic heterocycles. The van der Waals surface area contributed by atoms with Gasteiger partial charge < -0.3 is 14.7 Å². The van der Waals surface area contributed by atoms with Crippen molar-refractivity contribution in [2.45, 2.75) is 26.4 Å². The van der Waals surface area contributed by atoms with E-state index in [9.17, 15) is 9.50 Å². The Morgan fingerprint density at radius 2 is 1.76 bits per heavy atom. The summed E-state index contributed by atoms with van der Waals surface area (Å²) in [5, 5.41) is 10.4. The van der Waals surface area contributed by atoms with Gasteiger partial charge in [0.2, 0.25) is 0 Å². The third-order valence-electron chi connectivity index (χ3n) is 5.90. The lowest BCUT2D eigenvalue weighted by atomic mass is 10.0. The number of hydrogen-bond donors (Lipinski definition) is 1. The Balaban J connectivity index is 1.37. The van der Waals surface area contributed by atoms with Gasteiger partial charge in [-0.3, -0.25) is 4.90 Å². The van der Waals surface area contributed by atoms with Crippen molar-refractivity contribution in [2.75, 3.05) is 44.2 Å². The van der Waals surface area contributed by atoms with Crippen LogP contribution in [0.3, 0.4) is 0 Å². The van der Waals surface area contributed by atoms with Crippen LogP contribution in [0, 0.1) is 19.7 Å². The van der Waals surface area contributed by atoms with E-state index in [0.29, 0.717) is 13.0 Å². The van der Waals surface area contributed by atoms with Gasteiger partial charge in [0, 0.05) is 50.4 Å². The van der Waals surface area contributed by atoms with Gasteiger partial charge in [-0.25, -0.2) is 14.4 Å². The van der Waals surface area contributed by atoms with Crippen LogP contribution in [0.4, 0.5) is 10.2 Å². The van der Waals surface area contributed by atoms with E-state index in [1.54, 1.807) is 12.1 Å². The molecule has 1 atom stereocenters. The summed E-state index contributed by atoms with van der Waals surface area (Å²) in [6.45, 7) is 7.99. The van der Waals surface area contributed by atoms with Gasteiger partial charge >= 0.3 is 0 Å². The summed E-state index contributed by atoms with van der Waals surface area (Å²) in [4.78, 5) is 13.8. The van der Waals surface area contributed by atoms with Crippen LogP contribution in [0.15, 0.2) is 54.6 Å². The van der Waals surface area contributed by atoms with E-state index >= 15 is 0 Å². The fraction of sp³-hybridized carbons (Fsp3) is 0.385. The van der Waals surface area contributed by atoms with Crippen molar-refractivity contribution in [3.05, 3.63) is 83.1 Å². The zero-order valence-electron chi connectivity index (χ0n) is 19.2. The Bertz CT molecular complexity index is 1060. The molecule has 0 bridgehead atoms. The number of aliphatic hydroxyl groups excluding tert-OH is 1. The molecule has 0 radical (unpaired) electrons. The van der Waals surface area contributed by atoms with Crippen molar-refractivity contribution in [1.29, 1.82) is 0 Å². The highest BCUT2D eigenvalue weighted by Crippen LogP contribution is 2.25. The van der Waals surface area contributed by atoms with E-state index in [4.69, 9.17) is 9.72 Å². The molecule has 0 saturated carbocycles. The second-order valence-corrected chi connectivity index (χ2v) is 8.53. The van der Waals surface area contributed by atoms with E-state index in [1.807, 2.05) is 50.2 Å². The van der Waals surface area contributed by atoms with Crippen molar-refractivity contribution >= 4 is 5.82 Å². The number of nitrogens with zero attached hydrogens (tertiary/aromatic N) is 4. The quantitative estimate of drug-likeness (QED) is 0.568. The first kappa shape index (κ1) is 23.1. The predicted octanol–water partition coefficient (Wildman–Crippen LogP) is 3.39. The van der Waals surface area contributed by atoms with Crippen LogP contribution < -0.4 is 9.64 Å². The normalized spacial score (nSPS) is 15.5. The maximum absolute atomic E-state index is 13.7. The zero-order chi connectivity index (χ0) is 23.2. The molecular formula is C26H31FN4O2. The number of aromatic nitrogens is 2. The molecule has 0 spiro atoms. The molecule has 2 heterocycles. The van der Waals surface area contributed by atoms with Crippen molar-refractivity contribution in [3.8, 4) is 5.75 Å². The summed E-state index contributed by atoms with van der Waals surface area (Å²) in [5.41, 5.74) is 2.88. The summed E-state index contributed by atoms with van der Waals surface area (Å²) < 4.78 is 19.4. The molecule has 7 heteroatoms. The number of piperazine rings is 1. The van der Waals surface area contributed by atoms with E-state index in [2.05, 4.69) is 14.8 Å². The summed E-state index contributed by atoms with van der Waals surface area (Å²) in [7, 11) is 0. The lowest BCUT2D eigenvalue weighted by Gasteiger charge is -2.37. The smallest absolute Gasteiger partial charge is 0.136 e. The number of para-hydroxylation sites is 1. The van der Waals surface area contributed by atoms with Crippen molar-refractivity contribution < 1.29 is 14.2 Å². The molecule has 4 rings (SSSR count). The zero-order valence-corrected chi connectivity index (χ0v) is 19.2. The van der Waals surface area contributed by atoms with Crippen LogP contribution in [0.5, 0.6) is 5.75 Å². The van der Waals surface area contributed by atoms with Crippen molar-refractivity contribution in [3.63, 3.8) is 0 Å². The highest BCUT2D eigenvalue weighted by molar-refractivity contribution is 5.51. The maximum Gasteiger partial charge on any atom is 0.136 e. The number of aliphatic hydroxyl groups is 1. The summed E-state index contributed by atoms with van der Waals surface area (Å²) in [5.74, 6) is 2.20. The van der Waals surface area contributed by atoms with E-state index < -0.39 is 6.10 Å². The van der Waals surface area contributed by atoms with Gasteiger partial charge in [-0.1, -0.05) is 30.3 Å². The first-order chi connectivity index (χ1) is 16.0. The minimum absolute atomic E-state index is 0.233. The fourth-order valence-corrected chi connectivity index (χ4v) is 4.24. The van der Waals surface area contributed by atoms with Crippen LogP contribution >= 0.6 is 0 Å². The highest BCUT2D eigenvalue weighted by atomic mass is 19.1. The van der Waals surface area contributed by atoms with Crippen LogP contribution in [-0.4, -0.2) is 65.4 Å². The average molecular weight is 451 g/mol. The molecule has 1 aliphatic rings. The molecule has 1 fully saturated rings. The Labute approximate surface area is 194 Å². The van der Waals surface area contributed by atoms with E-state index in [-0.39, 0.29) is 12.4 Å². The Hall–Kier alpha value is -3.03. The summed E-state index contributed by atoms with van der Waals surface area (Å²) >= 11 is 0. The first-order valence-corrected chi connectivity index (χ1v) is 11.4. The molecule has 1 N–H and O–H groups in total. The fourth-order valence-electron chi connectivity index (χ4n) is 4.24. The Morgan fingerprint density at radius 3 is 2.48 bits per heavy atom. The van der Waals surface area contributed by atoms with Crippen LogP contribution in [0.1, 0.15) is 22.6 Å². The topological polar surface area (TPSA) is 61.7 Å². The standard InChI is InChI=1S/C26H31FN4O2/c1-19-25(16-21-7-6-8-22(27)15-21)26(29-20(2)28-19)31-13-11-30(12-14-31)17-23(32)18-33-24-9-4-3-5-10-24/h3-10,15,23,32H,11-14,16-18H2,1-2H3/t23-/m0/s1. The molecular weight excluding hydrogens is 419 g/mol. The monoisotopic (exact) mass is 450 g/mol. The van der Waals surface area contributed by atoms with Gasteiger partial charge in [0.15, 0.2) is 0 Å². The van der Waals surface area contributed by atoms with E-state index in [0.717, 1.165) is 60.4 Å². The second kappa shape index (κ2) is 10.7. The Kier molecular flexibility index (Phi) is 7.52. The van der Waals surface area contributed by atoms with Gasteiger partial charge in [0.05, 0.1) is 0 Å². The molecule has 1 saturated heterocycles. The average Bonchev–Trinajstić information content (AvgIpc) is 2.81. The molecule has 6 nitrogen and oxygen atoms in total. The molecule has 174 valence electrons. The van der Waals surface area contributed by atoms with Crippen molar-refractivity contribution in [2.24, 2.45) is 0 Å². The summed E-state index contributed by atoms with van der Waals surface area (Å²) in [6.07, 6.45) is 0.0402. The number of ether oxygens (including phenoxy) is 1. The van der Waals surface area contributed by atoms with Gasteiger partial charge in [0.1, 0.15) is 35.9 Å². The third-order valence-corrected chi connectivity index (χ3v) is 5.90. The lowest BCUT2D eigenvalue weighted by Crippen LogP contribution is -2.49. The van der Waals surface area contributed by atoms with Crippen LogP contribution in [-0.2, 0) is 6.42 Å². The van der Waals surface area contributed by atoms with Crippen molar-refractivity contribution in [1.82, 2.24) is 14.9 Å². The second-order valence-electron chi connectivity index (χ2n) is 8.53. The highest BCUT2D eigenvalue weighted by Gasteiger charge is 2.23. The predicted molar refractivity (Wildman–Crippen MR) is 127 cm³/mol. The molecule has 3 aromatic rings. The van der Waals surface area contributed by atoms with Gasteiger partial charge in [-0.15, -0.1) is 0 Å². The molecule has 33 heavy (non-hydrogen) atoms. The number of halogens is 1.